The van der Waals surface area contributed by atoms with E-state index in [0.717, 1.165) is 0 Å². The van der Waals surface area contributed by atoms with Crippen LogP contribution in [0.5, 0.6) is 0 Å². The highest BCUT2D eigenvalue weighted by atomic mass is 32.2. The summed E-state index contributed by atoms with van der Waals surface area (Å²) in [6.07, 6.45) is 0. The molecule has 0 bridgehead atoms. The molecule has 0 aliphatic carbocycles. The summed E-state index contributed by atoms with van der Waals surface area (Å²) < 4.78 is 26.0. The third-order valence-electron chi connectivity index (χ3n) is 2.67. The van der Waals surface area contributed by atoms with E-state index in [4.69, 9.17) is 0 Å². The maximum absolute atomic E-state index is 12.3. The molecule has 0 spiro atoms. The molecule has 0 unspecified atom stereocenters. The first-order valence-electron chi connectivity index (χ1n) is 6.11. The van der Waals surface area contributed by atoms with E-state index in [9.17, 15) is 13.2 Å². The molecule has 0 fully saturated rings. The zero-order valence-electron chi connectivity index (χ0n) is 12.1. The standard InChI is InChI=1S/C14H21NO3S/c1-11(16)12-6-8-13(9-7-12)19(17,18)15(5)10-14(2,3)4/h6-9H,10H2,1-5H3. The number of hydrogen-bond acceptors (Lipinski definition) is 3. The largest absolute Gasteiger partial charge is 0.295 e. The molecule has 1 rings (SSSR count). The van der Waals surface area contributed by atoms with Crippen molar-refractivity contribution < 1.29 is 13.2 Å². The molecule has 1 aromatic carbocycles. The second-order valence-corrected chi connectivity index (χ2v) is 7.95. The molecule has 106 valence electrons. The van der Waals surface area contributed by atoms with Gasteiger partial charge in [0.05, 0.1) is 4.90 Å². The van der Waals surface area contributed by atoms with Crippen molar-refractivity contribution in [3.8, 4) is 0 Å². The molecule has 0 saturated carbocycles. The Morgan fingerprint density at radius 3 is 2.00 bits per heavy atom. The molecule has 0 aromatic heterocycles. The molecule has 0 aliphatic rings. The molecule has 19 heavy (non-hydrogen) atoms. The number of carbonyl (C=O) groups excluding carboxylic acids is 1. The average molecular weight is 283 g/mol. The van der Waals surface area contributed by atoms with Crippen LogP contribution in [0.1, 0.15) is 38.1 Å². The highest BCUT2D eigenvalue weighted by molar-refractivity contribution is 7.89. The van der Waals surface area contributed by atoms with Crippen molar-refractivity contribution in [3.05, 3.63) is 29.8 Å². The minimum atomic E-state index is -3.49. The summed E-state index contributed by atoms with van der Waals surface area (Å²) in [5, 5.41) is 0. The Kier molecular flexibility index (Phi) is 4.53. The Balaban J connectivity index is 3.03. The lowest BCUT2D eigenvalue weighted by Crippen LogP contribution is -2.34. The lowest BCUT2D eigenvalue weighted by Gasteiger charge is -2.26. The number of nitrogens with zero attached hydrogens (tertiary/aromatic N) is 1. The Morgan fingerprint density at radius 2 is 1.63 bits per heavy atom. The Bertz CT molecular complexity index is 553. The number of rotatable bonds is 4. The Hall–Kier alpha value is -1.20. The molecular weight excluding hydrogens is 262 g/mol. The van der Waals surface area contributed by atoms with Crippen molar-refractivity contribution >= 4 is 15.8 Å². The van der Waals surface area contributed by atoms with E-state index < -0.39 is 10.0 Å². The van der Waals surface area contributed by atoms with Gasteiger partial charge in [0.15, 0.2) is 5.78 Å². The van der Waals surface area contributed by atoms with Crippen molar-refractivity contribution in [1.82, 2.24) is 4.31 Å². The van der Waals surface area contributed by atoms with Gasteiger partial charge in [0.2, 0.25) is 10.0 Å². The molecule has 5 heteroatoms. The van der Waals surface area contributed by atoms with Gasteiger partial charge in [-0.1, -0.05) is 32.9 Å². The molecule has 4 nitrogen and oxygen atoms in total. The van der Waals surface area contributed by atoms with Crippen LogP contribution < -0.4 is 0 Å². The van der Waals surface area contributed by atoms with Gasteiger partial charge >= 0.3 is 0 Å². The number of ketones is 1. The molecular formula is C14H21NO3S. The minimum Gasteiger partial charge on any atom is -0.295 e. The molecule has 0 aliphatic heterocycles. The molecule has 0 radical (unpaired) electrons. The van der Waals surface area contributed by atoms with E-state index in [2.05, 4.69) is 0 Å². The van der Waals surface area contributed by atoms with Gasteiger partial charge in [0, 0.05) is 19.2 Å². The van der Waals surface area contributed by atoms with Gasteiger partial charge in [-0.05, 0) is 24.5 Å². The van der Waals surface area contributed by atoms with Crippen molar-refractivity contribution in [2.75, 3.05) is 13.6 Å². The average Bonchev–Trinajstić information content (AvgIpc) is 2.26. The van der Waals surface area contributed by atoms with Gasteiger partial charge in [-0.15, -0.1) is 0 Å². The molecule has 0 heterocycles. The number of benzene rings is 1. The zero-order chi connectivity index (χ0) is 14.8. The third kappa shape index (κ3) is 4.14. The molecule has 0 saturated heterocycles. The summed E-state index contributed by atoms with van der Waals surface area (Å²) in [6.45, 7) is 7.84. The van der Waals surface area contributed by atoms with Crippen LogP contribution in [0.15, 0.2) is 29.2 Å². The maximum atomic E-state index is 12.3. The van der Waals surface area contributed by atoms with Crippen LogP contribution in [0.3, 0.4) is 0 Å². The zero-order valence-corrected chi connectivity index (χ0v) is 12.9. The molecule has 1 aromatic rings. The lowest BCUT2D eigenvalue weighted by molar-refractivity contribution is 0.101. The summed E-state index contributed by atoms with van der Waals surface area (Å²) in [4.78, 5) is 11.4. The predicted octanol–water partition coefficient (Wildman–Crippen LogP) is 2.56. The number of sulfonamides is 1. The normalized spacial score (nSPS) is 12.7. The van der Waals surface area contributed by atoms with Gasteiger partial charge in [0.1, 0.15) is 0 Å². The minimum absolute atomic E-state index is 0.0769. The van der Waals surface area contributed by atoms with E-state index >= 15 is 0 Å². The van der Waals surface area contributed by atoms with Crippen molar-refractivity contribution in [3.63, 3.8) is 0 Å². The van der Waals surface area contributed by atoms with Crippen LogP contribution in [-0.4, -0.2) is 32.1 Å². The second-order valence-electron chi connectivity index (χ2n) is 5.90. The summed E-state index contributed by atoms with van der Waals surface area (Å²) in [7, 11) is -1.92. The van der Waals surface area contributed by atoms with Gasteiger partial charge in [-0.2, -0.15) is 0 Å². The molecule has 0 N–H and O–H groups in total. The summed E-state index contributed by atoms with van der Waals surface area (Å²) >= 11 is 0. The van der Waals surface area contributed by atoms with Crippen molar-refractivity contribution in [2.24, 2.45) is 5.41 Å². The van der Waals surface area contributed by atoms with Crippen LogP contribution in [-0.2, 0) is 10.0 Å². The fourth-order valence-corrected chi connectivity index (χ4v) is 3.19. The van der Waals surface area contributed by atoms with E-state index in [1.807, 2.05) is 20.8 Å². The monoisotopic (exact) mass is 283 g/mol. The first-order valence-corrected chi connectivity index (χ1v) is 7.55. The maximum Gasteiger partial charge on any atom is 0.242 e. The van der Waals surface area contributed by atoms with E-state index in [1.165, 1.54) is 23.4 Å². The van der Waals surface area contributed by atoms with Crippen LogP contribution in [0.2, 0.25) is 0 Å². The predicted molar refractivity (Wildman–Crippen MR) is 75.7 cm³/mol. The van der Waals surface area contributed by atoms with Crippen LogP contribution in [0, 0.1) is 5.41 Å². The van der Waals surface area contributed by atoms with Gasteiger partial charge < -0.3 is 0 Å². The van der Waals surface area contributed by atoms with E-state index in [0.29, 0.717) is 12.1 Å². The SMILES string of the molecule is CC(=O)c1ccc(S(=O)(=O)N(C)CC(C)(C)C)cc1. The summed E-state index contributed by atoms with van der Waals surface area (Å²) in [5.41, 5.74) is 0.402. The number of hydrogen-bond donors (Lipinski definition) is 0. The lowest BCUT2D eigenvalue weighted by atomic mass is 9.97. The third-order valence-corrected chi connectivity index (χ3v) is 4.48. The highest BCUT2D eigenvalue weighted by Gasteiger charge is 2.25. The van der Waals surface area contributed by atoms with Gasteiger partial charge in [-0.25, -0.2) is 12.7 Å². The van der Waals surface area contributed by atoms with Crippen molar-refractivity contribution in [1.29, 1.82) is 0 Å². The summed E-state index contributed by atoms with van der Waals surface area (Å²) in [6, 6.07) is 6.04. The smallest absolute Gasteiger partial charge is 0.242 e. The number of Topliss-reactive ketones (excluding diaryl/α,β-unsaturated/α-hetero) is 1. The van der Waals surface area contributed by atoms with Crippen molar-refractivity contribution in [2.45, 2.75) is 32.6 Å². The Morgan fingerprint density at radius 1 is 1.16 bits per heavy atom. The van der Waals surface area contributed by atoms with Gasteiger partial charge in [-0.3, -0.25) is 4.79 Å². The second kappa shape index (κ2) is 5.43. The Labute approximate surface area is 115 Å². The van der Waals surface area contributed by atoms with E-state index in [-0.39, 0.29) is 16.1 Å². The van der Waals surface area contributed by atoms with E-state index in [1.54, 1.807) is 19.2 Å². The quantitative estimate of drug-likeness (QED) is 0.798. The topological polar surface area (TPSA) is 54.5 Å². The van der Waals surface area contributed by atoms with Crippen LogP contribution in [0.4, 0.5) is 0 Å². The number of carbonyl (C=O) groups is 1. The fourth-order valence-electron chi connectivity index (χ4n) is 1.79. The fraction of sp³-hybridized carbons (Fsp3) is 0.500. The first-order chi connectivity index (χ1) is 8.54. The molecule has 0 amide bonds. The highest BCUT2D eigenvalue weighted by Crippen LogP contribution is 2.21. The summed E-state index contributed by atoms with van der Waals surface area (Å²) in [5.74, 6) is -0.0769. The van der Waals surface area contributed by atoms with Crippen LogP contribution in [0.25, 0.3) is 0 Å². The van der Waals surface area contributed by atoms with Gasteiger partial charge in [0.25, 0.3) is 0 Å². The van der Waals surface area contributed by atoms with Crippen LogP contribution >= 0.6 is 0 Å². The molecule has 0 atom stereocenters. The first kappa shape index (κ1) is 15.9.